The maximum Gasteiger partial charge on any atom is 0.221 e. The van der Waals surface area contributed by atoms with Crippen molar-refractivity contribution in [3.8, 4) is 11.4 Å². The Kier molecular flexibility index (Phi) is 6.91. The van der Waals surface area contributed by atoms with Crippen LogP contribution in [0, 0.1) is 6.92 Å². The van der Waals surface area contributed by atoms with Gasteiger partial charge in [-0.1, -0.05) is 24.3 Å². The second kappa shape index (κ2) is 10.4. The summed E-state index contributed by atoms with van der Waals surface area (Å²) >= 11 is 0. The predicted octanol–water partition coefficient (Wildman–Crippen LogP) is 5.63. The fourth-order valence-electron chi connectivity index (χ4n) is 5.14. The van der Waals surface area contributed by atoms with Crippen molar-refractivity contribution in [3.05, 3.63) is 78.1 Å². The first kappa shape index (κ1) is 23.2. The molecule has 0 spiro atoms. The third-order valence-electron chi connectivity index (χ3n) is 6.95. The number of benzene rings is 2. The lowest BCUT2D eigenvalue weighted by atomic mass is 9.89. The molecule has 180 valence electrons. The van der Waals surface area contributed by atoms with E-state index in [1.807, 2.05) is 31.3 Å². The summed E-state index contributed by atoms with van der Waals surface area (Å²) in [6, 6.07) is 20.9. The number of nitrogens with one attached hydrogen (secondary N) is 1. The number of hydrogen-bond acceptors (Lipinski definition) is 4. The fraction of sp³-hybridized carbons (Fsp3) is 0.345. The second-order valence-corrected chi connectivity index (χ2v) is 9.54. The van der Waals surface area contributed by atoms with Crippen molar-refractivity contribution in [3.63, 3.8) is 0 Å². The maximum atomic E-state index is 11.4. The number of likely N-dealkylation sites (tertiary alicyclic amines) is 1. The Hall–Kier alpha value is -3.51. The molecule has 3 heterocycles. The number of carbonyl (C=O) groups is 1. The standard InChI is InChI=1S/C29H33N5O/c1-21-11-12-25(20-30-21)29-32-27-9-3-4-10-28(27)34(29)16-6-15-33-17-13-23(14-18-33)24-7-5-8-26(19-24)31-22(2)35/h3-5,7-12,19-20,23H,6,13-18H2,1-2H3,(H,31,35). The summed E-state index contributed by atoms with van der Waals surface area (Å²) in [4.78, 5) is 23.4. The molecule has 35 heavy (non-hydrogen) atoms. The minimum Gasteiger partial charge on any atom is -0.326 e. The highest BCUT2D eigenvalue weighted by Crippen LogP contribution is 2.30. The minimum absolute atomic E-state index is 0.0237. The van der Waals surface area contributed by atoms with Crippen molar-refractivity contribution >= 4 is 22.6 Å². The smallest absolute Gasteiger partial charge is 0.221 e. The molecule has 6 heteroatoms. The number of pyridine rings is 1. The van der Waals surface area contributed by atoms with E-state index in [4.69, 9.17) is 4.98 Å². The van der Waals surface area contributed by atoms with Crippen LogP contribution in [0.2, 0.25) is 0 Å². The van der Waals surface area contributed by atoms with E-state index in [9.17, 15) is 4.79 Å². The number of piperidine rings is 1. The Morgan fingerprint density at radius 3 is 2.63 bits per heavy atom. The average Bonchev–Trinajstić information content (AvgIpc) is 3.23. The van der Waals surface area contributed by atoms with E-state index in [1.54, 1.807) is 6.92 Å². The SMILES string of the molecule is CC(=O)Nc1cccc(C2CCN(CCCn3c(-c4ccc(C)nc4)nc4ccccc43)CC2)c1. The fourth-order valence-corrected chi connectivity index (χ4v) is 5.14. The first-order valence-corrected chi connectivity index (χ1v) is 12.5. The molecule has 5 rings (SSSR count). The molecule has 0 radical (unpaired) electrons. The molecule has 1 saturated heterocycles. The van der Waals surface area contributed by atoms with Crippen LogP contribution in [0.15, 0.2) is 66.9 Å². The summed E-state index contributed by atoms with van der Waals surface area (Å²) in [7, 11) is 0. The molecular weight excluding hydrogens is 434 g/mol. The Balaban J connectivity index is 1.21. The Morgan fingerprint density at radius 2 is 1.86 bits per heavy atom. The molecule has 6 nitrogen and oxygen atoms in total. The zero-order valence-corrected chi connectivity index (χ0v) is 20.6. The minimum atomic E-state index is -0.0237. The number of para-hydroxylation sites is 2. The van der Waals surface area contributed by atoms with Crippen molar-refractivity contribution in [2.75, 3.05) is 25.0 Å². The summed E-state index contributed by atoms with van der Waals surface area (Å²) in [5.74, 6) is 1.53. The van der Waals surface area contributed by atoms with Crippen molar-refractivity contribution in [2.45, 2.75) is 45.6 Å². The van der Waals surface area contributed by atoms with E-state index in [2.05, 4.69) is 62.2 Å². The number of aromatic nitrogens is 3. The van der Waals surface area contributed by atoms with E-state index in [0.29, 0.717) is 5.92 Å². The van der Waals surface area contributed by atoms with Gasteiger partial charge in [0, 0.05) is 36.6 Å². The van der Waals surface area contributed by atoms with E-state index < -0.39 is 0 Å². The first-order chi connectivity index (χ1) is 17.1. The number of carbonyl (C=O) groups excluding carboxylic acids is 1. The van der Waals surface area contributed by atoms with Gasteiger partial charge in [0.2, 0.25) is 5.91 Å². The molecule has 0 unspecified atom stereocenters. The molecule has 1 N–H and O–H groups in total. The zero-order chi connectivity index (χ0) is 24.2. The number of imidazole rings is 1. The molecule has 2 aromatic heterocycles. The third kappa shape index (κ3) is 5.43. The van der Waals surface area contributed by atoms with Gasteiger partial charge < -0.3 is 14.8 Å². The average molecular weight is 468 g/mol. The number of anilines is 1. The van der Waals surface area contributed by atoms with Crippen LogP contribution >= 0.6 is 0 Å². The molecular formula is C29H33N5O. The Bertz CT molecular complexity index is 1300. The van der Waals surface area contributed by atoms with Gasteiger partial charge in [0.25, 0.3) is 0 Å². The normalized spacial score (nSPS) is 14.9. The lowest BCUT2D eigenvalue weighted by Gasteiger charge is -2.32. The lowest BCUT2D eigenvalue weighted by Crippen LogP contribution is -2.34. The lowest BCUT2D eigenvalue weighted by molar-refractivity contribution is -0.114. The number of aryl methyl sites for hydroxylation is 2. The van der Waals surface area contributed by atoms with Crippen LogP contribution in [0.4, 0.5) is 5.69 Å². The topological polar surface area (TPSA) is 63.1 Å². The molecule has 0 aliphatic carbocycles. The van der Waals surface area contributed by atoms with Crippen LogP contribution in [0.1, 0.15) is 43.4 Å². The van der Waals surface area contributed by atoms with Gasteiger partial charge in [-0.05, 0) is 93.7 Å². The number of amides is 1. The highest BCUT2D eigenvalue weighted by molar-refractivity contribution is 5.88. The molecule has 1 aliphatic rings. The zero-order valence-electron chi connectivity index (χ0n) is 20.6. The van der Waals surface area contributed by atoms with Crippen LogP contribution in [0.5, 0.6) is 0 Å². The molecule has 0 bridgehead atoms. The van der Waals surface area contributed by atoms with Gasteiger partial charge in [0.15, 0.2) is 0 Å². The number of nitrogens with zero attached hydrogens (tertiary/aromatic N) is 4. The predicted molar refractivity (Wildman–Crippen MR) is 141 cm³/mol. The summed E-state index contributed by atoms with van der Waals surface area (Å²) in [6.45, 7) is 7.79. The van der Waals surface area contributed by atoms with Gasteiger partial charge >= 0.3 is 0 Å². The largest absolute Gasteiger partial charge is 0.326 e. The van der Waals surface area contributed by atoms with Crippen molar-refractivity contribution in [1.82, 2.24) is 19.4 Å². The molecule has 0 atom stereocenters. The molecule has 2 aromatic carbocycles. The van der Waals surface area contributed by atoms with Crippen molar-refractivity contribution in [2.24, 2.45) is 0 Å². The van der Waals surface area contributed by atoms with Gasteiger partial charge in [-0.2, -0.15) is 0 Å². The third-order valence-corrected chi connectivity index (χ3v) is 6.95. The van der Waals surface area contributed by atoms with Crippen LogP contribution in [-0.4, -0.2) is 45.0 Å². The monoisotopic (exact) mass is 467 g/mol. The van der Waals surface area contributed by atoms with Gasteiger partial charge in [0.05, 0.1) is 11.0 Å². The van der Waals surface area contributed by atoms with Crippen LogP contribution in [0.3, 0.4) is 0 Å². The molecule has 4 aromatic rings. The molecule has 1 fully saturated rings. The highest BCUT2D eigenvalue weighted by atomic mass is 16.1. The number of hydrogen-bond donors (Lipinski definition) is 1. The summed E-state index contributed by atoms with van der Waals surface area (Å²) < 4.78 is 2.35. The van der Waals surface area contributed by atoms with E-state index in [1.165, 1.54) is 11.1 Å². The Labute approximate surface area is 207 Å². The first-order valence-electron chi connectivity index (χ1n) is 12.5. The van der Waals surface area contributed by atoms with E-state index in [-0.39, 0.29) is 5.91 Å². The van der Waals surface area contributed by atoms with Gasteiger partial charge in [-0.25, -0.2) is 4.98 Å². The van der Waals surface area contributed by atoms with Gasteiger partial charge in [-0.15, -0.1) is 0 Å². The van der Waals surface area contributed by atoms with Crippen molar-refractivity contribution in [1.29, 1.82) is 0 Å². The van der Waals surface area contributed by atoms with Crippen LogP contribution < -0.4 is 5.32 Å². The second-order valence-electron chi connectivity index (χ2n) is 9.54. The van der Waals surface area contributed by atoms with Gasteiger partial charge in [-0.3, -0.25) is 9.78 Å². The van der Waals surface area contributed by atoms with E-state index in [0.717, 1.165) is 73.7 Å². The van der Waals surface area contributed by atoms with Crippen LogP contribution in [0.25, 0.3) is 22.4 Å². The number of fused-ring (bicyclic) bond motifs is 1. The summed E-state index contributed by atoms with van der Waals surface area (Å²) in [5.41, 5.74) is 6.52. The molecule has 1 aliphatic heterocycles. The maximum absolute atomic E-state index is 11.4. The van der Waals surface area contributed by atoms with Gasteiger partial charge in [0.1, 0.15) is 5.82 Å². The quantitative estimate of drug-likeness (QED) is 0.382. The number of rotatable bonds is 7. The van der Waals surface area contributed by atoms with E-state index >= 15 is 0 Å². The summed E-state index contributed by atoms with van der Waals surface area (Å²) in [6.07, 6.45) is 5.31. The highest BCUT2D eigenvalue weighted by Gasteiger charge is 2.21. The summed E-state index contributed by atoms with van der Waals surface area (Å²) in [5, 5.41) is 2.91. The Morgan fingerprint density at radius 1 is 1.03 bits per heavy atom. The molecule has 0 saturated carbocycles. The molecule has 1 amide bonds. The van der Waals surface area contributed by atoms with Crippen molar-refractivity contribution < 1.29 is 4.79 Å². The van der Waals surface area contributed by atoms with Crippen LogP contribution in [-0.2, 0) is 11.3 Å².